The average molecular weight is 466 g/mol. The third-order valence-electron chi connectivity index (χ3n) is 2.93. The second kappa shape index (κ2) is 8.02. The van der Waals surface area contributed by atoms with E-state index >= 15 is 0 Å². The zero-order chi connectivity index (χ0) is 17.7. The van der Waals surface area contributed by atoms with Crippen molar-refractivity contribution in [1.82, 2.24) is 0 Å². The zero-order valence-electron chi connectivity index (χ0n) is 12.5. The van der Waals surface area contributed by atoms with Crippen LogP contribution >= 0.6 is 31.9 Å². The molecule has 0 aliphatic carbocycles. The molecule has 24 heavy (non-hydrogen) atoms. The molecular formula is C16H13Br2F3N2O. The van der Waals surface area contributed by atoms with Crippen molar-refractivity contribution in [2.75, 3.05) is 12.0 Å². The molecule has 0 unspecified atom stereocenters. The van der Waals surface area contributed by atoms with Gasteiger partial charge in [-0.2, -0.15) is 18.3 Å². The molecule has 2 aromatic carbocycles. The standard InChI is InChI=1S/C16H13Br2F3N2O/c1-2-24-15-13(17)7-10(8-14(15)18)9-22-23-12-5-3-11(4-6-12)16(19,20)21/h3-9,23H,2H2,1H3/b22-9+. The highest BCUT2D eigenvalue weighted by Crippen LogP contribution is 2.34. The fourth-order valence-electron chi connectivity index (χ4n) is 1.85. The number of nitrogens with zero attached hydrogens (tertiary/aromatic N) is 1. The number of hydrogen-bond acceptors (Lipinski definition) is 3. The summed E-state index contributed by atoms with van der Waals surface area (Å²) in [4.78, 5) is 0. The van der Waals surface area contributed by atoms with Gasteiger partial charge in [-0.05, 0) is 80.7 Å². The summed E-state index contributed by atoms with van der Waals surface area (Å²) >= 11 is 6.84. The number of ether oxygens (including phenoxy) is 1. The first-order valence-corrected chi connectivity index (χ1v) is 8.48. The highest BCUT2D eigenvalue weighted by molar-refractivity contribution is 9.11. The van der Waals surface area contributed by atoms with Crippen molar-refractivity contribution >= 4 is 43.8 Å². The second-order valence-electron chi connectivity index (χ2n) is 4.69. The first-order chi connectivity index (χ1) is 11.3. The summed E-state index contributed by atoms with van der Waals surface area (Å²) in [5.41, 5.74) is 3.24. The highest BCUT2D eigenvalue weighted by Gasteiger charge is 2.29. The van der Waals surface area contributed by atoms with Gasteiger partial charge in [0.2, 0.25) is 0 Å². The molecule has 0 bridgehead atoms. The van der Waals surface area contributed by atoms with Crippen molar-refractivity contribution in [2.45, 2.75) is 13.1 Å². The van der Waals surface area contributed by atoms with Crippen molar-refractivity contribution < 1.29 is 17.9 Å². The lowest BCUT2D eigenvalue weighted by Gasteiger charge is -2.09. The fourth-order valence-corrected chi connectivity index (χ4v) is 3.30. The van der Waals surface area contributed by atoms with Crippen molar-refractivity contribution in [2.24, 2.45) is 5.10 Å². The number of alkyl halides is 3. The van der Waals surface area contributed by atoms with Crippen molar-refractivity contribution in [3.8, 4) is 5.75 Å². The zero-order valence-corrected chi connectivity index (χ0v) is 15.7. The first kappa shape index (κ1) is 18.8. The Hall–Kier alpha value is -1.54. The second-order valence-corrected chi connectivity index (χ2v) is 6.40. The summed E-state index contributed by atoms with van der Waals surface area (Å²) < 4.78 is 44.5. The third kappa shape index (κ3) is 4.98. The van der Waals surface area contributed by atoms with Crippen LogP contribution in [0.4, 0.5) is 18.9 Å². The van der Waals surface area contributed by atoms with Gasteiger partial charge in [-0.1, -0.05) is 0 Å². The number of halogens is 5. The lowest BCUT2D eigenvalue weighted by Crippen LogP contribution is -2.04. The predicted molar refractivity (Wildman–Crippen MR) is 95.7 cm³/mol. The maximum absolute atomic E-state index is 12.5. The average Bonchev–Trinajstić information content (AvgIpc) is 2.50. The number of benzene rings is 2. The van der Waals surface area contributed by atoms with Gasteiger partial charge >= 0.3 is 6.18 Å². The van der Waals surface area contributed by atoms with Crippen LogP contribution in [0.15, 0.2) is 50.4 Å². The van der Waals surface area contributed by atoms with Crippen LogP contribution in [0.5, 0.6) is 5.75 Å². The quantitative estimate of drug-likeness (QED) is 0.429. The Morgan fingerprint density at radius 1 is 1.12 bits per heavy atom. The van der Waals surface area contributed by atoms with E-state index in [2.05, 4.69) is 42.4 Å². The van der Waals surface area contributed by atoms with Gasteiger partial charge in [0.05, 0.1) is 33.0 Å². The topological polar surface area (TPSA) is 33.6 Å². The van der Waals surface area contributed by atoms with E-state index < -0.39 is 11.7 Å². The molecule has 0 aliphatic rings. The van der Waals surface area contributed by atoms with Gasteiger partial charge in [0.25, 0.3) is 0 Å². The number of hydrazone groups is 1. The normalized spacial score (nSPS) is 11.8. The monoisotopic (exact) mass is 464 g/mol. The summed E-state index contributed by atoms with van der Waals surface area (Å²) in [5.74, 6) is 0.699. The maximum atomic E-state index is 12.5. The van der Waals surface area contributed by atoms with Gasteiger partial charge in [0.15, 0.2) is 0 Å². The number of rotatable bonds is 5. The molecule has 0 amide bonds. The van der Waals surface area contributed by atoms with Crippen LogP contribution in [0.1, 0.15) is 18.1 Å². The molecule has 0 fully saturated rings. The Bertz CT molecular complexity index is 708. The van der Waals surface area contributed by atoms with E-state index in [4.69, 9.17) is 4.74 Å². The van der Waals surface area contributed by atoms with Crippen molar-refractivity contribution in [3.05, 3.63) is 56.5 Å². The van der Waals surface area contributed by atoms with Gasteiger partial charge in [-0.15, -0.1) is 0 Å². The molecule has 0 atom stereocenters. The van der Waals surface area contributed by atoms with Crippen molar-refractivity contribution in [1.29, 1.82) is 0 Å². The fraction of sp³-hybridized carbons (Fsp3) is 0.188. The molecule has 0 radical (unpaired) electrons. The summed E-state index contributed by atoms with van der Waals surface area (Å²) in [7, 11) is 0. The van der Waals surface area contributed by atoms with E-state index in [9.17, 15) is 13.2 Å². The molecule has 2 rings (SSSR count). The molecular weight excluding hydrogens is 453 g/mol. The summed E-state index contributed by atoms with van der Waals surface area (Å²) in [6.07, 6.45) is -2.79. The van der Waals surface area contributed by atoms with E-state index in [0.717, 1.165) is 26.6 Å². The van der Waals surface area contributed by atoms with E-state index in [0.29, 0.717) is 18.0 Å². The maximum Gasteiger partial charge on any atom is 0.416 e. The van der Waals surface area contributed by atoms with Crippen molar-refractivity contribution in [3.63, 3.8) is 0 Å². The highest BCUT2D eigenvalue weighted by atomic mass is 79.9. The van der Waals surface area contributed by atoms with Crippen LogP contribution in [0.25, 0.3) is 0 Å². The molecule has 0 aliphatic heterocycles. The SMILES string of the molecule is CCOc1c(Br)cc(/C=N/Nc2ccc(C(F)(F)F)cc2)cc1Br. The van der Waals surface area contributed by atoms with Crippen LogP contribution < -0.4 is 10.2 Å². The molecule has 1 N–H and O–H groups in total. The van der Waals surface area contributed by atoms with E-state index in [-0.39, 0.29) is 0 Å². The lowest BCUT2D eigenvalue weighted by atomic mass is 10.2. The van der Waals surface area contributed by atoms with Crippen LogP contribution in [-0.4, -0.2) is 12.8 Å². The molecule has 0 saturated carbocycles. The molecule has 0 spiro atoms. The van der Waals surface area contributed by atoms with Crippen LogP contribution in [-0.2, 0) is 6.18 Å². The van der Waals surface area contributed by atoms with Gasteiger partial charge in [-0.25, -0.2) is 0 Å². The Morgan fingerprint density at radius 2 is 1.71 bits per heavy atom. The minimum Gasteiger partial charge on any atom is -0.492 e. The summed E-state index contributed by atoms with van der Waals surface area (Å²) in [6.45, 7) is 2.43. The Kier molecular flexibility index (Phi) is 6.28. The molecule has 0 saturated heterocycles. The predicted octanol–water partition coefficient (Wildman–Crippen LogP) is 6.08. The largest absolute Gasteiger partial charge is 0.492 e. The van der Waals surface area contributed by atoms with E-state index in [1.54, 1.807) is 6.21 Å². The molecule has 0 heterocycles. The Balaban J connectivity index is 2.06. The molecule has 3 nitrogen and oxygen atoms in total. The Labute approximate surface area is 154 Å². The Morgan fingerprint density at radius 3 is 2.21 bits per heavy atom. The van der Waals surface area contributed by atoms with Gasteiger partial charge in [0.1, 0.15) is 5.75 Å². The number of hydrogen-bond donors (Lipinski definition) is 1. The first-order valence-electron chi connectivity index (χ1n) is 6.89. The number of nitrogens with one attached hydrogen (secondary N) is 1. The van der Waals surface area contributed by atoms with Crippen LogP contribution in [0, 0.1) is 0 Å². The smallest absolute Gasteiger partial charge is 0.416 e. The van der Waals surface area contributed by atoms with Gasteiger partial charge < -0.3 is 4.74 Å². The van der Waals surface area contributed by atoms with Gasteiger partial charge in [0, 0.05) is 0 Å². The van der Waals surface area contributed by atoms with Crippen LogP contribution in [0.2, 0.25) is 0 Å². The van der Waals surface area contributed by atoms with E-state index in [1.807, 2.05) is 19.1 Å². The summed E-state index contributed by atoms with van der Waals surface area (Å²) in [6, 6.07) is 8.31. The third-order valence-corrected chi connectivity index (χ3v) is 4.11. The van der Waals surface area contributed by atoms with Crippen LogP contribution in [0.3, 0.4) is 0 Å². The molecule has 0 aromatic heterocycles. The molecule has 2 aromatic rings. The minimum atomic E-state index is -4.34. The molecule has 8 heteroatoms. The molecule has 128 valence electrons. The van der Waals surface area contributed by atoms with Gasteiger partial charge in [-0.3, -0.25) is 5.43 Å². The number of anilines is 1. The summed E-state index contributed by atoms with van der Waals surface area (Å²) in [5, 5.41) is 4.02. The lowest BCUT2D eigenvalue weighted by molar-refractivity contribution is -0.137. The minimum absolute atomic E-state index is 0.461. The van der Waals surface area contributed by atoms with E-state index in [1.165, 1.54) is 12.1 Å².